The molecule has 2 N–H and O–H groups in total. The second-order valence-electron chi connectivity index (χ2n) is 1.93. The predicted octanol–water partition coefficient (Wildman–Crippen LogP) is 0.211. The van der Waals surface area contributed by atoms with Crippen molar-refractivity contribution >= 4 is 5.69 Å². The lowest BCUT2D eigenvalue weighted by Crippen LogP contribution is -2.28. The Bertz CT molecular complexity index is 222. The predicted molar refractivity (Wildman–Crippen MR) is 34.6 cm³/mol. The number of rotatable bonds is 0. The third-order valence-corrected chi connectivity index (χ3v) is 1.13. The molecule has 0 atom stereocenters. The summed E-state index contributed by atoms with van der Waals surface area (Å²) < 4.78 is 0.774. The van der Waals surface area contributed by atoms with Gasteiger partial charge in [-0.05, 0) is 0 Å². The van der Waals surface area contributed by atoms with Crippen LogP contribution in [0.5, 0.6) is 0 Å². The van der Waals surface area contributed by atoms with Crippen molar-refractivity contribution in [3.05, 3.63) is 29.2 Å². The number of aryl methyl sites for hydroxylation is 1. The number of hydrogen-bond donors (Lipinski definition) is 1. The summed E-state index contributed by atoms with van der Waals surface area (Å²) in [5.41, 5.74) is 6.62. The van der Waals surface area contributed by atoms with Crippen molar-refractivity contribution in [2.75, 3.05) is 5.73 Å². The second-order valence-corrected chi connectivity index (χ2v) is 1.93. The van der Waals surface area contributed by atoms with Crippen molar-refractivity contribution in [2.24, 2.45) is 0 Å². The van der Waals surface area contributed by atoms with E-state index < -0.39 is 0 Å². The zero-order valence-corrected chi connectivity index (χ0v) is 5.16. The molecule has 0 amide bonds. The van der Waals surface area contributed by atoms with Crippen molar-refractivity contribution in [1.29, 1.82) is 0 Å². The molecule has 0 bridgehead atoms. The van der Waals surface area contributed by atoms with Crippen molar-refractivity contribution < 1.29 is 4.73 Å². The van der Waals surface area contributed by atoms with Crippen LogP contribution in [0.25, 0.3) is 0 Å². The second kappa shape index (κ2) is 1.93. The molecule has 9 heavy (non-hydrogen) atoms. The molecule has 0 aromatic carbocycles. The third-order valence-electron chi connectivity index (χ3n) is 1.13. The number of nitrogen functional groups attached to an aromatic ring is 1. The van der Waals surface area contributed by atoms with Crippen molar-refractivity contribution in [3.63, 3.8) is 0 Å². The maximum Gasteiger partial charge on any atom is 0.191 e. The van der Waals surface area contributed by atoms with Gasteiger partial charge >= 0.3 is 0 Å². The molecule has 1 aromatic heterocycles. The van der Waals surface area contributed by atoms with Crippen LogP contribution in [-0.2, 0) is 0 Å². The highest BCUT2D eigenvalue weighted by molar-refractivity contribution is 5.34. The van der Waals surface area contributed by atoms with Crippen LogP contribution in [-0.4, -0.2) is 0 Å². The van der Waals surface area contributed by atoms with E-state index in [9.17, 15) is 5.21 Å². The summed E-state index contributed by atoms with van der Waals surface area (Å²) in [6.45, 7) is 1.71. The first-order chi connectivity index (χ1) is 4.20. The van der Waals surface area contributed by atoms with E-state index in [0.29, 0.717) is 11.4 Å². The molecule has 1 aromatic rings. The minimum atomic E-state index is 0.620. The van der Waals surface area contributed by atoms with Gasteiger partial charge in [0.05, 0.1) is 0 Å². The van der Waals surface area contributed by atoms with Gasteiger partial charge in [-0.25, -0.2) is 0 Å². The monoisotopic (exact) mass is 124 g/mol. The summed E-state index contributed by atoms with van der Waals surface area (Å²) >= 11 is 0. The van der Waals surface area contributed by atoms with Gasteiger partial charge in [0.2, 0.25) is 0 Å². The number of nitrogens with zero attached hydrogens (tertiary/aromatic N) is 1. The Labute approximate surface area is 53.3 Å². The average molecular weight is 124 g/mol. The smallest absolute Gasteiger partial charge is 0.191 e. The first kappa shape index (κ1) is 5.88. The van der Waals surface area contributed by atoms with Crippen LogP contribution in [0.3, 0.4) is 0 Å². The lowest BCUT2D eigenvalue weighted by atomic mass is 10.3. The molecule has 0 saturated carbocycles. The van der Waals surface area contributed by atoms with E-state index in [-0.39, 0.29) is 0 Å². The van der Waals surface area contributed by atoms with Crippen molar-refractivity contribution in [1.82, 2.24) is 0 Å². The molecule has 48 valence electrons. The van der Waals surface area contributed by atoms with E-state index in [0.717, 1.165) is 4.73 Å². The van der Waals surface area contributed by atoms with E-state index in [4.69, 9.17) is 5.73 Å². The number of pyridine rings is 1. The summed E-state index contributed by atoms with van der Waals surface area (Å²) in [4.78, 5) is 0. The maximum absolute atomic E-state index is 10.6. The molecule has 0 radical (unpaired) electrons. The lowest BCUT2D eigenvalue weighted by Gasteiger charge is -1.98. The van der Waals surface area contributed by atoms with Gasteiger partial charge in [-0.3, -0.25) is 0 Å². The first-order valence-electron chi connectivity index (χ1n) is 2.65. The molecule has 3 nitrogen and oxygen atoms in total. The summed E-state index contributed by atoms with van der Waals surface area (Å²) in [5, 5.41) is 10.6. The van der Waals surface area contributed by atoms with Crippen LogP contribution in [0.15, 0.2) is 18.3 Å². The van der Waals surface area contributed by atoms with Gasteiger partial charge in [-0.15, -0.1) is 0 Å². The SMILES string of the molecule is Cc1cc(N)cc[n+]1[O-]. The van der Waals surface area contributed by atoms with Gasteiger partial charge in [-0.1, -0.05) is 0 Å². The summed E-state index contributed by atoms with van der Waals surface area (Å²) in [6, 6.07) is 3.20. The van der Waals surface area contributed by atoms with Crippen LogP contribution in [0.1, 0.15) is 5.69 Å². The average Bonchev–Trinajstić information content (AvgIpc) is 1.80. The Hall–Kier alpha value is -1.25. The minimum absolute atomic E-state index is 0.620. The first-order valence-corrected chi connectivity index (χ1v) is 2.65. The van der Waals surface area contributed by atoms with Gasteiger partial charge in [0.1, 0.15) is 0 Å². The van der Waals surface area contributed by atoms with Crippen molar-refractivity contribution in [3.8, 4) is 0 Å². The van der Waals surface area contributed by atoms with Gasteiger partial charge in [-0.2, -0.15) is 4.73 Å². The number of nitrogens with two attached hydrogens (primary N) is 1. The summed E-state index contributed by atoms with van der Waals surface area (Å²) in [7, 11) is 0. The van der Waals surface area contributed by atoms with Gasteiger partial charge in [0.15, 0.2) is 11.9 Å². The fourth-order valence-electron chi connectivity index (χ4n) is 0.624. The Morgan fingerprint density at radius 2 is 2.33 bits per heavy atom. The largest absolute Gasteiger partial charge is 0.619 e. The fraction of sp³-hybridized carbons (Fsp3) is 0.167. The zero-order valence-electron chi connectivity index (χ0n) is 5.16. The molecule has 0 saturated heterocycles. The van der Waals surface area contributed by atoms with Gasteiger partial charge in [0.25, 0.3) is 0 Å². The van der Waals surface area contributed by atoms with Gasteiger partial charge in [0, 0.05) is 24.7 Å². The molecule has 0 aliphatic heterocycles. The molecule has 1 rings (SSSR count). The zero-order chi connectivity index (χ0) is 6.85. The highest BCUT2D eigenvalue weighted by Gasteiger charge is 1.95. The van der Waals surface area contributed by atoms with E-state index >= 15 is 0 Å². The standard InChI is InChI=1S/C6H8N2O/c1-5-4-6(7)2-3-8(5)9/h2-4H,7H2,1H3. The highest BCUT2D eigenvalue weighted by Crippen LogP contribution is 1.97. The molecule has 0 aliphatic rings. The quantitative estimate of drug-likeness (QED) is 0.397. The molecule has 3 heteroatoms. The van der Waals surface area contributed by atoms with E-state index in [1.807, 2.05) is 0 Å². The van der Waals surface area contributed by atoms with E-state index in [2.05, 4.69) is 0 Å². The van der Waals surface area contributed by atoms with Crippen LogP contribution >= 0.6 is 0 Å². The van der Waals surface area contributed by atoms with Crippen LogP contribution in [0.4, 0.5) is 5.69 Å². The van der Waals surface area contributed by atoms with E-state index in [1.54, 1.807) is 19.1 Å². The number of aromatic nitrogens is 1. The number of hydrogen-bond acceptors (Lipinski definition) is 2. The molecule has 0 spiro atoms. The van der Waals surface area contributed by atoms with Crippen molar-refractivity contribution in [2.45, 2.75) is 6.92 Å². The van der Waals surface area contributed by atoms with Crippen LogP contribution in [0, 0.1) is 12.1 Å². The molecule has 0 fully saturated rings. The lowest BCUT2D eigenvalue weighted by molar-refractivity contribution is -0.612. The summed E-state index contributed by atoms with van der Waals surface area (Å²) in [5.74, 6) is 0. The van der Waals surface area contributed by atoms with E-state index in [1.165, 1.54) is 6.20 Å². The molecule has 0 unspecified atom stereocenters. The Morgan fingerprint density at radius 3 is 2.78 bits per heavy atom. The maximum atomic E-state index is 10.6. The molecule has 1 heterocycles. The fourth-order valence-corrected chi connectivity index (χ4v) is 0.624. The van der Waals surface area contributed by atoms with Gasteiger partial charge < -0.3 is 10.9 Å². The minimum Gasteiger partial charge on any atom is -0.619 e. The van der Waals surface area contributed by atoms with Crippen LogP contribution in [0.2, 0.25) is 0 Å². The molecular formula is C6H8N2O. The molecule has 0 aliphatic carbocycles. The Kier molecular flexibility index (Phi) is 1.26. The normalized spacial score (nSPS) is 9.44. The Balaban J connectivity index is 3.17. The molecular weight excluding hydrogens is 116 g/mol. The Morgan fingerprint density at radius 1 is 1.67 bits per heavy atom. The van der Waals surface area contributed by atoms with Crippen LogP contribution < -0.4 is 10.5 Å². The topological polar surface area (TPSA) is 53.0 Å². The summed E-state index contributed by atoms with van der Waals surface area (Å²) in [6.07, 6.45) is 1.39. The highest BCUT2D eigenvalue weighted by atomic mass is 16.5. The third kappa shape index (κ3) is 1.10. The number of anilines is 1.